The third-order valence-electron chi connectivity index (χ3n) is 4.33. The minimum atomic E-state index is -1.25. The molecule has 32 heavy (non-hydrogen) atoms. The van der Waals surface area contributed by atoms with E-state index < -0.39 is 42.4 Å². The van der Waals surface area contributed by atoms with E-state index in [1.165, 1.54) is 18.9 Å². The van der Waals surface area contributed by atoms with Crippen molar-refractivity contribution in [3.8, 4) is 5.75 Å². The summed E-state index contributed by atoms with van der Waals surface area (Å²) in [5.74, 6) is -3.13. The average molecular weight is 470 g/mol. The SMILES string of the molecule is COc1ccc(C(CC=O)SCC(NC(=O)CCC(N)C(=O)O)C(=O)NCC(=O)O)cc1. The Morgan fingerprint density at radius 3 is 2.38 bits per heavy atom. The number of nitrogens with two attached hydrogens (primary N) is 1. The van der Waals surface area contributed by atoms with Crippen LogP contribution in [0.25, 0.3) is 0 Å². The maximum atomic E-state index is 12.4. The van der Waals surface area contributed by atoms with Crippen LogP contribution in [0.3, 0.4) is 0 Å². The van der Waals surface area contributed by atoms with Crippen LogP contribution in [-0.4, -0.2) is 71.7 Å². The van der Waals surface area contributed by atoms with Gasteiger partial charge in [0.2, 0.25) is 11.8 Å². The lowest BCUT2D eigenvalue weighted by molar-refractivity contribution is -0.139. The predicted molar refractivity (Wildman–Crippen MR) is 116 cm³/mol. The molecule has 1 rings (SSSR count). The number of hydrogen-bond donors (Lipinski definition) is 5. The minimum Gasteiger partial charge on any atom is -0.497 e. The van der Waals surface area contributed by atoms with Crippen LogP contribution < -0.4 is 21.1 Å². The quantitative estimate of drug-likeness (QED) is 0.218. The average Bonchev–Trinajstić information content (AvgIpc) is 2.77. The van der Waals surface area contributed by atoms with Gasteiger partial charge in [0.05, 0.1) is 7.11 Å². The molecular weight excluding hydrogens is 442 g/mol. The molecule has 0 aliphatic rings. The monoisotopic (exact) mass is 469 g/mol. The van der Waals surface area contributed by atoms with Gasteiger partial charge in [0.25, 0.3) is 0 Å². The number of hydrogen-bond acceptors (Lipinski definition) is 8. The number of ether oxygens (including phenoxy) is 1. The van der Waals surface area contributed by atoms with Gasteiger partial charge in [0.15, 0.2) is 0 Å². The van der Waals surface area contributed by atoms with Crippen molar-refractivity contribution in [2.45, 2.75) is 36.6 Å². The fourth-order valence-electron chi connectivity index (χ4n) is 2.56. The van der Waals surface area contributed by atoms with E-state index in [0.29, 0.717) is 5.75 Å². The second-order valence-corrected chi connectivity index (χ2v) is 7.95. The summed E-state index contributed by atoms with van der Waals surface area (Å²) >= 11 is 1.24. The maximum absolute atomic E-state index is 12.4. The molecule has 12 heteroatoms. The third kappa shape index (κ3) is 9.79. The van der Waals surface area contributed by atoms with Gasteiger partial charge in [-0.2, -0.15) is 11.8 Å². The summed E-state index contributed by atoms with van der Waals surface area (Å²) in [5.41, 5.74) is 6.19. The predicted octanol–water partition coefficient (Wildman–Crippen LogP) is -0.0638. The number of methoxy groups -OCH3 is 1. The van der Waals surface area contributed by atoms with Crippen molar-refractivity contribution in [2.75, 3.05) is 19.4 Å². The molecule has 3 atom stereocenters. The number of aliphatic carboxylic acids is 2. The summed E-state index contributed by atoms with van der Waals surface area (Å²) in [6, 6.07) is 4.72. The lowest BCUT2D eigenvalue weighted by atomic mass is 10.1. The number of amides is 2. The number of carbonyl (C=O) groups is 5. The Balaban J connectivity index is 2.85. The largest absolute Gasteiger partial charge is 0.497 e. The van der Waals surface area contributed by atoms with Crippen LogP contribution in [0.15, 0.2) is 24.3 Å². The van der Waals surface area contributed by atoms with E-state index >= 15 is 0 Å². The third-order valence-corrected chi connectivity index (χ3v) is 5.72. The second-order valence-electron chi connectivity index (χ2n) is 6.71. The second kappa shape index (κ2) is 14.0. The lowest BCUT2D eigenvalue weighted by Crippen LogP contribution is -2.49. The van der Waals surface area contributed by atoms with E-state index in [4.69, 9.17) is 20.7 Å². The molecule has 1 aromatic carbocycles. The van der Waals surface area contributed by atoms with E-state index in [-0.39, 0.29) is 30.3 Å². The number of thioether (sulfide) groups is 1. The summed E-state index contributed by atoms with van der Waals surface area (Å²) in [4.78, 5) is 57.3. The number of nitrogens with one attached hydrogen (secondary N) is 2. The van der Waals surface area contributed by atoms with Crippen molar-refractivity contribution >= 4 is 41.8 Å². The van der Waals surface area contributed by atoms with Crippen molar-refractivity contribution in [3.63, 3.8) is 0 Å². The molecule has 1 aromatic rings. The van der Waals surface area contributed by atoms with Crippen LogP contribution in [0.1, 0.15) is 30.1 Å². The summed E-state index contributed by atoms with van der Waals surface area (Å²) in [6.07, 6.45) is 0.545. The molecule has 0 aromatic heterocycles. The molecule has 6 N–H and O–H groups in total. The van der Waals surface area contributed by atoms with Crippen LogP contribution in [0.4, 0.5) is 0 Å². The van der Waals surface area contributed by atoms with Gasteiger partial charge >= 0.3 is 11.9 Å². The van der Waals surface area contributed by atoms with Crippen molar-refractivity contribution < 1.29 is 38.9 Å². The van der Waals surface area contributed by atoms with Gasteiger partial charge in [-0.15, -0.1) is 0 Å². The molecule has 0 saturated carbocycles. The Morgan fingerprint density at radius 2 is 1.84 bits per heavy atom. The molecule has 0 spiro atoms. The smallest absolute Gasteiger partial charge is 0.322 e. The highest BCUT2D eigenvalue weighted by Gasteiger charge is 2.24. The zero-order valence-corrected chi connectivity index (χ0v) is 18.3. The fourth-order valence-corrected chi connectivity index (χ4v) is 3.79. The highest BCUT2D eigenvalue weighted by Crippen LogP contribution is 2.32. The Kier molecular flexibility index (Phi) is 11.8. The van der Waals surface area contributed by atoms with Crippen molar-refractivity contribution in [3.05, 3.63) is 29.8 Å². The zero-order valence-electron chi connectivity index (χ0n) is 17.5. The summed E-state index contributed by atoms with van der Waals surface area (Å²) in [5, 5.41) is 22.0. The molecule has 176 valence electrons. The topological polar surface area (TPSA) is 185 Å². The Bertz CT molecular complexity index is 803. The van der Waals surface area contributed by atoms with Crippen molar-refractivity contribution in [2.24, 2.45) is 5.73 Å². The first-order chi connectivity index (χ1) is 15.2. The normalized spacial score (nSPS) is 13.3. The number of carbonyl (C=O) groups excluding carboxylic acids is 3. The number of aldehydes is 1. The maximum Gasteiger partial charge on any atom is 0.322 e. The van der Waals surface area contributed by atoms with E-state index in [1.54, 1.807) is 24.3 Å². The van der Waals surface area contributed by atoms with E-state index in [2.05, 4.69) is 10.6 Å². The van der Waals surface area contributed by atoms with Crippen LogP contribution in [0.2, 0.25) is 0 Å². The highest BCUT2D eigenvalue weighted by atomic mass is 32.2. The summed E-state index contributed by atoms with van der Waals surface area (Å²) in [7, 11) is 1.53. The van der Waals surface area contributed by atoms with Gasteiger partial charge in [-0.25, -0.2) is 0 Å². The number of rotatable bonds is 15. The standard InChI is InChI=1S/C20H27N3O8S/c1-31-13-4-2-12(3-5-13)16(8-9-24)32-11-15(19(28)22-10-18(26)27)23-17(25)7-6-14(21)20(29)30/h2-5,9,14-16H,6-8,10-11,21H2,1H3,(H,22,28)(H,23,25)(H,26,27)(H,29,30). The summed E-state index contributed by atoms with van der Waals surface area (Å²) in [6.45, 7) is -0.629. The highest BCUT2D eigenvalue weighted by molar-refractivity contribution is 7.99. The van der Waals surface area contributed by atoms with Gasteiger partial charge in [-0.3, -0.25) is 19.2 Å². The number of carboxylic acid groups (broad SMARTS) is 2. The van der Waals surface area contributed by atoms with Crippen LogP contribution in [0.5, 0.6) is 5.75 Å². The molecule has 3 unspecified atom stereocenters. The molecule has 0 radical (unpaired) electrons. The molecule has 0 heterocycles. The molecule has 0 bridgehead atoms. The molecule has 11 nitrogen and oxygen atoms in total. The molecule has 2 amide bonds. The molecule has 0 aliphatic heterocycles. The van der Waals surface area contributed by atoms with E-state index in [1.807, 2.05) is 0 Å². The first-order valence-corrected chi connectivity index (χ1v) is 10.7. The van der Waals surface area contributed by atoms with E-state index in [0.717, 1.165) is 11.8 Å². The zero-order chi connectivity index (χ0) is 24.1. The van der Waals surface area contributed by atoms with Crippen molar-refractivity contribution in [1.82, 2.24) is 10.6 Å². The lowest BCUT2D eigenvalue weighted by Gasteiger charge is -2.21. The Morgan fingerprint density at radius 1 is 1.19 bits per heavy atom. The number of benzene rings is 1. The van der Waals surface area contributed by atoms with Gasteiger partial charge in [-0.05, 0) is 24.1 Å². The molecule has 0 aliphatic carbocycles. The Labute approximate surface area is 189 Å². The number of carboxylic acids is 2. The fraction of sp³-hybridized carbons (Fsp3) is 0.450. The van der Waals surface area contributed by atoms with Crippen molar-refractivity contribution in [1.29, 1.82) is 0 Å². The van der Waals surface area contributed by atoms with Gasteiger partial charge in [0, 0.05) is 23.8 Å². The van der Waals surface area contributed by atoms with Crippen LogP contribution in [-0.2, 0) is 24.0 Å². The van der Waals surface area contributed by atoms with Crippen LogP contribution in [0, 0.1) is 0 Å². The molecule has 0 saturated heterocycles. The van der Waals surface area contributed by atoms with Gasteiger partial charge in [0.1, 0.15) is 30.7 Å². The Hall–Kier alpha value is -3.12. The van der Waals surface area contributed by atoms with Gasteiger partial charge < -0.3 is 36.1 Å². The first kappa shape index (κ1) is 26.9. The molecular formula is C20H27N3O8S. The first-order valence-electron chi connectivity index (χ1n) is 9.64. The summed E-state index contributed by atoms with van der Waals surface area (Å²) < 4.78 is 5.11. The minimum absolute atomic E-state index is 0.0483. The van der Waals surface area contributed by atoms with Gasteiger partial charge in [-0.1, -0.05) is 12.1 Å². The van der Waals surface area contributed by atoms with Crippen LogP contribution >= 0.6 is 11.8 Å². The molecule has 0 fully saturated rings. The van der Waals surface area contributed by atoms with E-state index in [9.17, 15) is 24.0 Å².